The molecule has 1 fully saturated rings. The fraction of sp³-hybridized carbons (Fsp3) is 0.407. The molecule has 12 nitrogen and oxygen atoms in total. The lowest BCUT2D eigenvalue weighted by atomic mass is 10.0. The maximum Gasteiger partial charge on any atom is 0.491 e. The summed E-state index contributed by atoms with van der Waals surface area (Å²) in [5.41, 5.74) is 5.96. The minimum absolute atomic E-state index is 0.00897. The van der Waals surface area contributed by atoms with Crippen LogP contribution in [0.25, 0.3) is 0 Å². The molecule has 0 bridgehead atoms. The molecule has 2 amide bonds. The van der Waals surface area contributed by atoms with Gasteiger partial charge in [0.1, 0.15) is 40.1 Å². The quantitative estimate of drug-likeness (QED) is 0.0423. The lowest BCUT2D eigenvalue weighted by molar-refractivity contribution is -0.880. The Balaban J connectivity index is 1.42. The number of nitrogens with zero attached hydrogens (tertiary/aromatic N) is 1. The van der Waals surface area contributed by atoms with Crippen molar-refractivity contribution in [1.29, 1.82) is 0 Å². The summed E-state index contributed by atoms with van der Waals surface area (Å²) in [7, 11) is 1.000. The molecule has 0 aliphatic carbocycles. The number of carbonyl (C=O) groups is 4. The second kappa shape index (κ2) is 14.8. The number of methoxy groups -OCH3 is 1. The third kappa shape index (κ3) is 9.12. The van der Waals surface area contributed by atoms with Crippen LogP contribution in [0.1, 0.15) is 52.4 Å². The van der Waals surface area contributed by atoms with E-state index < -0.39 is 62.6 Å². The Labute approximate surface area is 252 Å². The molecule has 3 rings (SSSR count). The van der Waals surface area contributed by atoms with E-state index >= 15 is 0 Å². The van der Waals surface area contributed by atoms with Gasteiger partial charge in [0.05, 0.1) is 26.2 Å². The molecule has 0 saturated carbocycles. The van der Waals surface area contributed by atoms with E-state index in [0.29, 0.717) is 36.8 Å². The Bertz CT molecular complexity index is 1390. The summed E-state index contributed by atoms with van der Waals surface area (Å²) in [5, 5.41) is 22.9. The first-order chi connectivity index (χ1) is 20.6. The van der Waals surface area contributed by atoms with Gasteiger partial charge in [-0.1, -0.05) is 22.4 Å². The number of hydrogen-bond acceptors (Lipinski definition) is 11. The van der Waals surface area contributed by atoms with E-state index in [4.69, 9.17) is 10.5 Å². The second-order valence-electron chi connectivity index (χ2n) is 9.59. The number of nitrogens with two attached hydrogens (primary N) is 1. The fourth-order valence-corrected chi connectivity index (χ4v) is 5.18. The maximum absolute atomic E-state index is 14.6. The van der Waals surface area contributed by atoms with Crippen molar-refractivity contribution in [2.24, 2.45) is 5.73 Å². The number of rotatable bonds is 13. The Morgan fingerprint density at radius 1 is 1.18 bits per heavy atom. The first kappa shape index (κ1) is 34.7. The van der Waals surface area contributed by atoms with Crippen molar-refractivity contribution in [2.75, 3.05) is 20.3 Å². The van der Waals surface area contributed by atoms with Gasteiger partial charge in [0.2, 0.25) is 5.91 Å². The number of esters is 2. The van der Waals surface area contributed by atoms with E-state index in [0.717, 1.165) is 19.2 Å². The number of unbranched alkanes of at least 4 members (excludes halogenated alkanes) is 2. The van der Waals surface area contributed by atoms with Crippen molar-refractivity contribution in [2.45, 2.75) is 49.6 Å². The highest BCUT2D eigenvalue weighted by Crippen LogP contribution is 2.46. The molecule has 0 spiro atoms. The topological polar surface area (TPSA) is 177 Å². The zero-order valence-electron chi connectivity index (χ0n) is 23.2. The van der Waals surface area contributed by atoms with Crippen molar-refractivity contribution in [1.82, 2.24) is 5.32 Å². The number of hydroxylamine groups is 2. The van der Waals surface area contributed by atoms with Gasteiger partial charge in [0.15, 0.2) is 0 Å². The fourth-order valence-electron chi connectivity index (χ4n) is 4.12. The molecule has 44 heavy (non-hydrogen) atoms. The number of alkyl halides is 3. The third-order valence-corrected chi connectivity index (χ3v) is 7.50. The molecule has 2 aromatic rings. The number of nitrogens with one attached hydrogen (secondary N) is 1. The highest BCUT2D eigenvalue weighted by molar-refractivity contribution is 7.94. The zero-order valence-corrected chi connectivity index (χ0v) is 24.0. The second-order valence-corrected chi connectivity index (χ2v) is 10.9. The lowest BCUT2D eigenvalue weighted by Gasteiger charge is -2.21. The van der Waals surface area contributed by atoms with Gasteiger partial charge in [0.25, 0.3) is 0 Å². The molecule has 240 valence electrons. The number of benzene rings is 2. The minimum atomic E-state index is -5.28. The van der Waals surface area contributed by atoms with Gasteiger partial charge in [-0.25, -0.2) is 18.8 Å². The Hall–Kier alpha value is -3.77. The van der Waals surface area contributed by atoms with Gasteiger partial charge < -0.3 is 30.5 Å². The van der Waals surface area contributed by atoms with E-state index in [1.807, 2.05) is 0 Å². The highest BCUT2D eigenvalue weighted by atomic mass is 32.2. The molecule has 17 heteroatoms. The van der Waals surface area contributed by atoms with Gasteiger partial charge in [-0.3, -0.25) is 4.79 Å². The van der Waals surface area contributed by atoms with E-state index in [9.17, 15) is 47.2 Å². The summed E-state index contributed by atoms with van der Waals surface area (Å²) < 4.78 is 64.7. The van der Waals surface area contributed by atoms with Gasteiger partial charge in [0, 0.05) is 12.1 Å². The van der Waals surface area contributed by atoms with Crippen molar-refractivity contribution < 1.29 is 60.4 Å². The van der Waals surface area contributed by atoms with E-state index in [2.05, 4.69) is 14.8 Å². The zero-order chi connectivity index (χ0) is 32.7. The van der Waals surface area contributed by atoms with Crippen LogP contribution in [0, 0.1) is 11.0 Å². The molecule has 1 aliphatic heterocycles. The smallest absolute Gasteiger partial charge is 0.491 e. The van der Waals surface area contributed by atoms with Crippen LogP contribution >= 0.6 is 11.9 Å². The highest BCUT2D eigenvalue weighted by Gasteiger charge is 2.45. The summed E-state index contributed by atoms with van der Waals surface area (Å²) in [6, 6.07) is 6.61. The number of carbonyl (C=O) groups excluding carboxylic acids is 4. The number of ether oxygens (including phenoxy) is 3. The van der Waals surface area contributed by atoms with Crippen molar-refractivity contribution in [3.05, 3.63) is 64.1 Å². The van der Waals surface area contributed by atoms with E-state index in [1.165, 1.54) is 24.3 Å². The number of amides is 2. The van der Waals surface area contributed by atoms with Gasteiger partial charge in [-0.15, -0.1) is 0 Å². The Morgan fingerprint density at radius 3 is 2.50 bits per heavy atom. The van der Waals surface area contributed by atoms with Crippen molar-refractivity contribution in [3.63, 3.8) is 0 Å². The van der Waals surface area contributed by atoms with Gasteiger partial charge >= 0.3 is 24.0 Å². The normalized spacial score (nSPS) is 18.9. The average Bonchev–Trinajstić information content (AvgIpc) is 3.22. The predicted molar refractivity (Wildman–Crippen MR) is 145 cm³/mol. The molecule has 0 aromatic heterocycles. The average molecular weight is 648 g/mol. The third-order valence-electron chi connectivity index (χ3n) is 6.34. The molecule has 2 aromatic carbocycles. The summed E-state index contributed by atoms with van der Waals surface area (Å²) in [6.45, 7) is 0.287. The SMILES string of the molecule is COC(=O)c1c(OCCCCCNC(=O)[C@@H](N)Cc2ccc(C3CC(=O)[N+]([O-])(O)S3)c(F)c2)cccc1OC(=O)C(F)(F)F. The summed E-state index contributed by atoms with van der Waals surface area (Å²) in [5.74, 6) is -6.55. The molecule has 3 atom stereocenters. The van der Waals surface area contributed by atoms with Crippen molar-refractivity contribution >= 4 is 35.7 Å². The molecular formula is C27H29F4N3O9S. The van der Waals surface area contributed by atoms with Crippen molar-refractivity contribution in [3.8, 4) is 11.5 Å². The lowest BCUT2D eigenvalue weighted by Crippen LogP contribution is -2.42. The van der Waals surface area contributed by atoms with E-state index in [-0.39, 0.29) is 37.3 Å². The summed E-state index contributed by atoms with van der Waals surface area (Å²) in [4.78, 5) is 47.3. The minimum Gasteiger partial charge on any atom is -0.579 e. The van der Waals surface area contributed by atoms with Crippen LogP contribution in [-0.2, 0) is 25.5 Å². The molecule has 1 saturated heterocycles. The molecule has 1 heterocycles. The monoisotopic (exact) mass is 647 g/mol. The van der Waals surface area contributed by atoms with Gasteiger partial charge in [-0.05, 0) is 49.4 Å². The Kier molecular flexibility index (Phi) is 11.7. The molecule has 1 aliphatic rings. The summed E-state index contributed by atoms with van der Waals surface area (Å²) >= 11 is 0.371. The van der Waals surface area contributed by atoms with Crippen LogP contribution in [0.5, 0.6) is 11.5 Å². The predicted octanol–water partition coefficient (Wildman–Crippen LogP) is 3.64. The number of hydrogen-bond donors (Lipinski definition) is 3. The van der Waals surface area contributed by atoms with Crippen LogP contribution in [0.4, 0.5) is 17.6 Å². The maximum atomic E-state index is 14.6. The molecule has 4 N–H and O–H groups in total. The summed E-state index contributed by atoms with van der Waals surface area (Å²) in [6.07, 6.45) is -4.12. The van der Waals surface area contributed by atoms with Crippen LogP contribution < -0.4 is 20.5 Å². The van der Waals surface area contributed by atoms with Crippen LogP contribution in [0.2, 0.25) is 0 Å². The number of halogens is 4. The standard InChI is InChI=1S/C27H29F4N3O9S/c1-41-25(37)23-19(6-5-7-20(23)43-26(38)27(29,30)31)42-11-4-2-3-10-33-24(36)18(32)13-15-8-9-16(17(28)12-15)21-14-22(35)34(39,40)44-21/h5-9,12,18,21,39H,2-4,10-11,13-14,32H2,1H3,(H,33,36)/t18-,21?/m0/s1. The first-order valence-electron chi connectivity index (χ1n) is 13.1. The first-order valence-corrected chi connectivity index (χ1v) is 14.0. The Morgan fingerprint density at radius 2 is 1.89 bits per heavy atom. The van der Waals surface area contributed by atoms with Crippen LogP contribution in [-0.4, -0.2) is 65.7 Å². The van der Waals surface area contributed by atoms with Crippen LogP contribution in [0.3, 0.4) is 0 Å². The molecular weight excluding hydrogens is 618 g/mol. The van der Waals surface area contributed by atoms with Gasteiger partial charge in [-0.2, -0.15) is 18.4 Å². The molecule has 2 unspecified atom stereocenters. The largest absolute Gasteiger partial charge is 0.579 e. The van der Waals surface area contributed by atoms with Crippen LogP contribution in [0.15, 0.2) is 36.4 Å². The molecule has 0 radical (unpaired) electrons. The number of quaternary nitrogens is 1. The van der Waals surface area contributed by atoms with E-state index in [1.54, 1.807) is 0 Å².